The van der Waals surface area contributed by atoms with E-state index in [1.54, 1.807) is 24.1 Å². The summed E-state index contributed by atoms with van der Waals surface area (Å²) in [5.41, 5.74) is 3.27. The third kappa shape index (κ3) is 3.59. The molecule has 1 aromatic heterocycles. The van der Waals surface area contributed by atoms with Gasteiger partial charge in [-0.05, 0) is 23.8 Å². The van der Waals surface area contributed by atoms with Crippen molar-refractivity contribution < 1.29 is 4.92 Å². The van der Waals surface area contributed by atoms with Gasteiger partial charge in [-0.25, -0.2) is 10.8 Å². The summed E-state index contributed by atoms with van der Waals surface area (Å²) in [4.78, 5) is 16.5. The molecule has 0 unspecified atom stereocenters. The summed E-state index contributed by atoms with van der Waals surface area (Å²) in [5.74, 6) is 5.90. The first kappa shape index (κ1) is 15.0. The number of aromatic nitrogens is 1. The Morgan fingerprint density at radius 2 is 2.00 bits per heavy atom. The highest BCUT2D eigenvalue weighted by atomic mass is 35.5. The van der Waals surface area contributed by atoms with Crippen molar-refractivity contribution in [3.8, 4) is 0 Å². The number of anilines is 2. The van der Waals surface area contributed by atoms with Crippen LogP contribution in [0.25, 0.3) is 0 Å². The summed E-state index contributed by atoms with van der Waals surface area (Å²) in [5, 5.41) is 11.7. The number of nitrogen functional groups attached to an aromatic ring is 1. The molecule has 3 N–H and O–H groups in total. The molecule has 0 aliphatic rings. The standard InChI is InChI=1S/C13H14ClN5O2/c1-18(8-9-2-4-10(14)5-3-9)13-11(19(20)21)6-7-12(16-13)17-15/h2-7H,8,15H2,1H3,(H,16,17). The summed E-state index contributed by atoms with van der Waals surface area (Å²) in [6.45, 7) is 0.457. The van der Waals surface area contributed by atoms with Crippen LogP contribution in [0.3, 0.4) is 0 Å². The Morgan fingerprint density at radius 3 is 2.57 bits per heavy atom. The van der Waals surface area contributed by atoms with Crippen LogP contribution in [0.2, 0.25) is 5.02 Å². The molecule has 0 bridgehead atoms. The maximum absolute atomic E-state index is 11.1. The molecule has 2 aromatic rings. The predicted molar refractivity (Wildman–Crippen MR) is 82.3 cm³/mol. The largest absolute Gasteiger partial charge is 0.350 e. The molecule has 0 saturated heterocycles. The minimum absolute atomic E-state index is 0.0783. The van der Waals surface area contributed by atoms with Crippen LogP contribution in [0.5, 0.6) is 0 Å². The van der Waals surface area contributed by atoms with Crippen LogP contribution in [0.15, 0.2) is 36.4 Å². The van der Waals surface area contributed by atoms with Gasteiger partial charge in [0.2, 0.25) is 5.82 Å². The minimum atomic E-state index is -0.471. The zero-order valence-electron chi connectivity index (χ0n) is 11.3. The zero-order chi connectivity index (χ0) is 15.4. The number of hydrogen-bond donors (Lipinski definition) is 2. The average molecular weight is 308 g/mol. The fraction of sp³-hybridized carbons (Fsp3) is 0.154. The van der Waals surface area contributed by atoms with E-state index in [-0.39, 0.29) is 11.5 Å². The quantitative estimate of drug-likeness (QED) is 0.500. The third-order valence-electron chi connectivity index (χ3n) is 2.89. The van der Waals surface area contributed by atoms with Gasteiger partial charge in [-0.1, -0.05) is 23.7 Å². The molecule has 7 nitrogen and oxygen atoms in total. The van der Waals surface area contributed by atoms with Crippen molar-refractivity contribution in [2.24, 2.45) is 5.84 Å². The number of pyridine rings is 1. The van der Waals surface area contributed by atoms with Gasteiger partial charge in [0.15, 0.2) is 0 Å². The highest BCUT2D eigenvalue weighted by molar-refractivity contribution is 6.30. The number of hydrogen-bond acceptors (Lipinski definition) is 6. The van der Waals surface area contributed by atoms with Crippen LogP contribution in [-0.4, -0.2) is 17.0 Å². The van der Waals surface area contributed by atoms with Crippen LogP contribution in [-0.2, 0) is 6.54 Å². The van der Waals surface area contributed by atoms with E-state index in [2.05, 4.69) is 10.4 Å². The highest BCUT2D eigenvalue weighted by Crippen LogP contribution is 2.27. The molecule has 110 valence electrons. The number of benzene rings is 1. The molecule has 8 heteroatoms. The van der Waals surface area contributed by atoms with E-state index in [9.17, 15) is 10.1 Å². The summed E-state index contributed by atoms with van der Waals surface area (Å²) in [7, 11) is 1.73. The molecule has 0 atom stereocenters. The van der Waals surface area contributed by atoms with Crippen molar-refractivity contribution in [2.75, 3.05) is 17.4 Å². The maximum atomic E-state index is 11.1. The molecule has 0 aliphatic heterocycles. The van der Waals surface area contributed by atoms with Gasteiger partial charge in [-0.2, -0.15) is 0 Å². The SMILES string of the molecule is CN(Cc1ccc(Cl)cc1)c1nc(NN)ccc1[N+](=O)[O-]. The smallest absolute Gasteiger partial charge is 0.311 e. The second-order valence-electron chi connectivity index (χ2n) is 4.42. The Bertz CT molecular complexity index is 648. The molecular formula is C13H14ClN5O2. The Kier molecular flexibility index (Phi) is 4.56. The van der Waals surface area contributed by atoms with Gasteiger partial charge in [-0.15, -0.1) is 0 Å². The van der Waals surface area contributed by atoms with Gasteiger partial charge in [0.25, 0.3) is 0 Å². The molecule has 1 heterocycles. The number of nitrogens with two attached hydrogens (primary N) is 1. The van der Waals surface area contributed by atoms with Crippen molar-refractivity contribution in [1.82, 2.24) is 4.98 Å². The van der Waals surface area contributed by atoms with Crippen LogP contribution >= 0.6 is 11.6 Å². The fourth-order valence-electron chi connectivity index (χ4n) is 1.88. The van der Waals surface area contributed by atoms with Crippen LogP contribution < -0.4 is 16.2 Å². The monoisotopic (exact) mass is 307 g/mol. The molecule has 0 amide bonds. The second-order valence-corrected chi connectivity index (χ2v) is 4.86. The Balaban J connectivity index is 2.30. The normalized spacial score (nSPS) is 10.2. The van der Waals surface area contributed by atoms with Crippen molar-refractivity contribution >= 4 is 28.9 Å². The number of nitrogens with zero attached hydrogens (tertiary/aromatic N) is 3. The van der Waals surface area contributed by atoms with Crippen LogP contribution in [0.1, 0.15) is 5.56 Å². The molecule has 0 spiro atoms. The minimum Gasteiger partial charge on any atom is -0.350 e. The lowest BCUT2D eigenvalue weighted by atomic mass is 10.2. The first-order valence-electron chi connectivity index (χ1n) is 6.09. The number of rotatable bonds is 5. The maximum Gasteiger partial charge on any atom is 0.311 e. The molecule has 21 heavy (non-hydrogen) atoms. The van der Waals surface area contributed by atoms with Gasteiger partial charge in [0, 0.05) is 24.7 Å². The topological polar surface area (TPSA) is 97.3 Å². The lowest BCUT2D eigenvalue weighted by molar-refractivity contribution is -0.384. The number of hydrazine groups is 1. The Morgan fingerprint density at radius 1 is 1.33 bits per heavy atom. The third-order valence-corrected chi connectivity index (χ3v) is 3.15. The summed E-state index contributed by atoms with van der Waals surface area (Å²) >= 11 is 5.83. The molecular weight excluding hydrogens is 294 g/mol. The van der Waals surface area contributed by atoms with Crippen molar-refractivity contribution in [3.05, 3.63) is 57.1 Å². The van der Waals surface area contributed by atoms with Crippen molar-refractivity contribution in [1.29, 1.82) is 0 Å². The van der Waals surface area contributed by atoms with E-state index in [0.29, 0.717) is 17.4 Å². The lowest BCUT2D eigenvalue weighted by Crippen LogP contribution is -2.20. The van der Waals surface area contributed by atoms with Gasteiger partial charge in [0.1, 0.15) is 5.82 Å². The van der Waals surface area contributed by atoms with E-state index in [4.69, 9.17) is 17.4 Å². The van der Waals surface area contributed by atoms with E-state index < -0.39 is 4.92 Å². The highest BCUT2D eigenvalue weighted by Gasteiger charge is 2.19. The Hall–Kier alpha value is -2.38. The molecule has 0 fully saturated rings. The second kappa shape index (κ2) is 6.38. The number of nitro groups is 1. The van der Waals surface area contributed by atoms with Crippen molar-refractivity contribution in [2.45, 2.75) is 6.54 Å². The van der Waals surface area contributed by atoms with Crippen molar-refractivity contribution in [3.63, 3.8) is 0 Å². The molecule has 2 rings (SSSR count). The molecule has 0 radical (unpaired) electrons. The zero-order valence-corrected chi connectivity index (χ0v) is 12.0. The lowest BCUT2D eigenvalue weighted by Gasteiger charge is -2.18. The molecule has 1 aromatic carbocycles. The summed E-state index contributed by atoms with van der Waals surface area (Å²) in [6, 6.07) is 10.1. The Labute approximate surface area is 126 Å². The van der Waals surface area contributed by atoms with E-state index in [0.717, 1.165) is 5.56 Å². The average Bonchev–Trinajstić information content (AvgIpc) is 2.48. The number of halogens is 1. The van der Waals surface area contributed by atoms with Gasteiger partial charge in [0.05, 0.1) is 4.92 Å². The summed E-state index contributed by atoms with van der Waals surface area (Å²) < 4.78 is 0. The first-order valence-corrected chi connectivity index (χ1v) is 6.46. The van der Waals surface area contributed by atoms with Crippen LogP contribution in [0, 0.1) is 10.1 Å². The molecule has 0 aliphatic carbocycles. The molecule has 0 saturated carbocycles. The summed E-state index contributed by atoms with van der Waals surface area (Å²) in [6.07, 6.45) is 0. The van der Waals surface area contributed by atoms with E-state index in [1.807, 2.05) is 12.1 Å². The van der Waals surface area contributed by atoms with Gasteiger partial charge < -0.3 is 10.3 Å². The van der Waals surface area contributed by atoms with E-state index in [1.165, 1.54) is 12.1 Å². The first-order chi connectivity index (χ1) is 10.0. The van der Waals surface area contributed by atoms with Gasteiger partial charge >= 0.3 is 5.69 Å². The van der Waals surface area contributed by atoms with Gasteiger partial charge in [-0.3, -0.25) is 10.1 Å². The fourth-order valence-corrected chi connectivity index (χ4v) is 2.01. The van der Waals surface area contributed by atoms with Crippen LogP contribution in [0.4, 0.5) is 17.3 Å². The number of nitrogens with one attached hydrogen (secondary N) is 1. The predicted octanol–water partition coefficient (Wildman–Crippen LogP) is 2.57. The van der Waals surface area contributed by atoms with E-state index >= 15 is 0 Å².